The number of amides is 1. The molecular weight excluding hydrogens is 332 g/mol. The smallest absolute Gasteiger partial charge is 0.244 e. The van der Waals surface area contributed by atoms with Crippen LogP contribution in [0.25, 0.3) is 21.5 Å². The average molecular weight is 356 g/mol. The molecule has 136 valence electrons. The van der Waals surface area contributed by atoms with Crippen molar-refractivity contribution >= 4 is 33.7 Å². The van der Waals surface area contributed by atoms with Crippen LogP contribution in [0.5, 0.6) is 0 Å². The largest absolute Gasteiger partial charge is 0.273 e. The molecule has 3 heteroatoms. The lowest BCUT2D eigenvalue weighted by Crippen LogP contribution is -2.22. The van der Waals surface area contributed by atoms with E-state index in [1.807, 2.05) is 18.3 Å². The first kappa shape index (κ1) is 16.5. The minimum atomic E-state index is 0.0881. The molecule has 0 radical (unpaired) electrons. The summed E-state index contributed by atoms with van der Waals surface area (Å²) in [5.74, 6) is 0.784. The van der Waals surface area contributed by atoms with E-state index in [0.717, 1.165) is 16.3 Å². The molecule has 1 N–H and O–H groups in total. The number of hydrogen-bond acceptors (Lipinski definition) is 2. The van der Waals surface area contributed by atoms with Crippen molar-refractivity contribution in [1.82, 2.24) is 5.43 Å². The molecule has 3 unspecified atom stereocenters. The molecule has 1 amide bonds. The fraction of sp³-hybridized carbons (Fsp3) is 0.333. The molecule has 0 heterocycles. The van der Waals surface area contributed by atoms with Crippen molar-refractivity contribution in [3.63, 3.8) is 0 Å². The van der Waals surface area contributed by atoms with Gasteiger partial charge in [-0.05, 0) is 51.8 Å². The molecule has 0 aromatic heterocycles. The highest BCUT2D eigenvalue weighted by Gasteiger charge is 2.64. The van der Waals surface area contributed by atoms with Crippen LogP contribution in [0.4, 0.5) is 0 Å². The van der Waals surface area contributed by atoms with Crippen LogP contribution >= 0.6 is 0 Å². The lowest BCUT2D eigenvalue weighted by atomic mass is 9.90. The Kier molecular flexibility index (Phi) is 3.78. The Morgan fingerprint density at radius 1 is 1.07 bits per heavy atom. The molecule has 3 nitrogen and oxygen atoms in total. The fourth-order valence-electron chi connectivity index (χ4n) is 5.27. The third kappa shape index (κ3) is 2.64. The predicted molar refractivity (Wildman–Crippen MR) is 111 cm³/mol. The van der Waals surface area contributed by atoms with E-state index in [4.69, 9.17) is 0 Å². The average Bonchev–Trinajstić information content (AvgIpc) is 3.33. The van der Waals surface area contributed by atoms with Crippen LogP contribution in [-0.4, -0.2) is 12.1 Å². The van der Waals surface area contributed by atoms with E-state index in [9.17, 15) is 4.79 Å². The predicted octanol–water partition coefficient (Wildman–Crippen LogP) is 5.27. The van der Waals surface area contributed by atoms with Gasteiger partial charge in [0.05, 0.1) is 6.21 Å². The molecule has 0 bridgehead atoms. The van der Waals surface area contributed by atoms with Crippen LogP contribution < -0.4 is 5.43 Å². The summed E-state index contributed by atoms with van der Waals surface area (Å²) in [4.78, 5) is 12.7. The summed E-state index contributed by atoms with van der Waals surface area (Å²) < 4.78 is 0. The van der Waals surface area contributed by atoms with Gasteiger partial charge in [0.15, 0.2) is 0 Å². The molecule has 5 rings (SSSR count). The quantitative estimate of drug-likeness (QED) is 0.388. The molecule has 2 saturated carbocycles. The van der Waals surface area contributed by atoms with Crippen LogP contribution in [0.2, 0.25) is 0 Å². The summed E-state index contributed by atoms with van der Waals surface area (Å²) >= 11 is 0. The van der Waals surface area contributed by atoms with E-state index >= 15 is 0 Å². The van der Waals surface area contributed by atoms with Crippen LogP contribution in [0.3, 0.4) is 0 Å². The van der Waals surface area contributed by atoms with E-state index in [0.29, 0.717) is 5.92 Å². The molecule has 27 heavy (non-hydrogen) atoms. The Hall–Kier alpha value is -2.68. The van der Waals surface area contributed by atoms with Crippen LogP contribution in [0.1, 0.15) is 38.2 Å². The van der Waals surface area contributed by atoms with Crippen molar-refractivity contribution in [3.8, 4) is 0 Å². The third-order valence-electron chi connectivity index (χ3n) is 6.80. The molecule has 3 aromatic rings. The summed E-state index contributed by atoms with van der Waals surface area (Å²) in [6.45, 7) is 2.27. The van der Waals surface area contributed by atoms with Crippen molar-refractivity contribution in [1.29, 1.82) is 0 Å². The minimum absolute atomic E-state index is 0.0881. The molecule has 2 aliphatic rings. The van der Waals surface area contributed by atoms with Gasteiger partial charge < -0.3 is 0 Å². The summed E-state index contributed by atoms with van der Waals surface area (Å²) in [5, 5.41) is 9.05. The zero-order valence-electron chi connectivity index (χ0n) is 15.6. The van der Waals surface area contributed by atoms with Gasteiger partial charge >= 0.3 is 0 Å². The number of benzene rings is 3. The van der Waals surface area contributed by atoms with Gasteiger partial charge in [0, 0.05) is 11.5 Å². The summed E-state index contributed by atoms with van der Waals surface area (Å²) in [6.07, 6.45) is 6.69. The minimum Gasteiger partial charge on any atom is -0.273 e. The van der Waals surface area contributed by atoms with Crippen molar-refractivity contribution in [3.05, 3.63) is 60.2 Å². The molecule has 0 aliphatic heterocycles. The highest BCUT2D eigenvalue weighted by Crippen LogP contribution is 2.66. The normalized spacial score (nSPS) is 27.0. The van der Waals surface area contributed by atoms with Gasteiger partial charge in [-0.1, -0.05) is 68.3 Å². The number of hydrazone groups is 1. The number of carbonyl (C=O) groups is 1. The van der Waals surface area contributed by atoms with Gasteiger partial charge in [-0.25, -0.2) is 5.43 Å². The van der Waals surface area contributed by atoms with Gasteiger partial charge in [-0.15, -0.1) is 0 Å². The Labute approximate surface area is 159 Å². The van der Waals surface area contributed by atoms with Crippen molar-refractivity contribution in [2.45, 2.75) is 32.6 Å². The second-order valence-electron chi connectivity index (χ2n) is 8.30. The Balaban J connectivity index is 1.44. The first-order valence-electron chi connectivity index (χ1n) is 9.92. The topological polar surface area (TPSA) is 41.5 Å². The highest BCUT2D eigenvalue weighted by molar-refractivity contribution is 6.13. The second kappa shape index (κ2) is 6.19. The van der Waals surface area contributed by atoms with E-state index in [1.165, 1.54) is 36.5 Å². The molecule has 3 aromatic carbocycles. The summed E-state index contributed by atoms with van der Waals surface area (Å²) in [6, 6.07) is 18.9. The fourth-order valence-corrected chi connectivity index (χ4v) is 5.27. The first-order valence-corrected chi connectivity index (χ1v) is 9.92. The van der Waals surface area contributed by atoms with Crippen LogP contribution in [-0.2, 0) is 4.79 Å². The molecule has 0 spiro atoms. The van der Waals surface area contributed by atoms with Crippen molar-refractivity contribution < 1.29 is 4.79 Å². The maximum Gasteiger partial charge on any atom is 0.244 e. The Bertz CT molecular complexity index is 1020. The standard InChI is InChI=1S/C24H24N2O/c1-24-13-7-6-12-21(24)22(24)23(27)26-25-15-20-18-10-4-2-8-16(18)14-17-9-3-5-11-19(17)20/h2-5,8-11,14-15,21-22H,6-7,12-13H2,1H3,(H,26,27). The lowest BCUT2D eigenvalue weighted by Gasteiger charge is -2.15. The zero-order valence-corrected chi connectivity index (χ0v) is 15.6. The SMILES string of the molecule is CC12CCCCC1C2C(=O)NN=Cc1c2ccccc2cc2ccccc12. The maximum absolute atomic E-state index is 12.7. The Morgan fingerprint density at radius 3 is 2.37 bits per heavy atom. The highest BCUT2D eigenvalue weighted by atomic mass is 16.2. The third-order valence-corrected chi connectivity index (χ3v) is 6.80. The maximum atomic E-state index is 12.7. The number of carbonyl (C=O) groups excluding carboxylic acids is 1. The van der Waals surface area contributed by atoms with Crippen LogP contribution in [0, 0.1) is 17.3 Å². The molecular formula is C24H24N2O. The number of hydrogen-bond donors (Lipinski definition) is 1. The van der Waals surface area contributed by atoms with E-state index in [2.05, 4.69) is 59.9 Å². The monoisotopic (exact) mass is 356 g/mol. The number of nitrogens with zero attached hydrogens (tertiary/aromatic N) is 1. The molecule has 0 saturated heterocycles. The van der Waals surface area contributed by atoms with E-state index in [1.54, 1.807) is 0 Å². The lowest BCUT2D eigenvalue weighted by molar-refractivity contribution is -0.123. The van der Waals surface area contributed by atoms with Gasteiger partial charge in [0.1, 0.15) is 0 Å². The van der Waals surface area contributed by atoms with Crippen molar-refractivity contribution in [2.24, 2.45) is 22.4 Å². The van der Waals surface area contributed by atoms with Gasteiger partial charge in [0.2, 0.25) is 5.91 Å². The Morgan fingerprint density at radius 2 is 1.74 bits per heavy atom. The van der Waals surface area contributed by atoms with Crippen molar-refractivity contribution in [2.75, 3.05) is 0 Å². The van der Waals surface area contributed by atoms with Gasteiger partial charge in [-0.3, -0.25) is 4.79 Å². The summed E-state index contributed by atoms with van der Waals surface area (Å²) in [7, 11) is 0. The number of rotatable bonds is 3. The summed E-state index contributed by atoms with van der Waals surface area (Å²) in [5.41, 5.74) is 4.11. The second-order valence-corrected chi connectivity index (χ2v) is 8.30. The zero-order chi connectivity index (χ0) is 18.4. The van der Waals surface area contributed by atoms with Gasteiger partial charge in [0.25, 0.3) is 0 Å². The number of nitrogens with one attached hydrogen (secondary N) is 1. The van der Waals surface area contributed by atoms with Gasteiger partial charge in [-0.2, -0.15) is 5.10 Å². The number of fused-ring (bicyclic) bond motifs is 3. The van der Waals surface area contributed by atoms with E-state index < -0.39 is 0 Å². The first-order chi connectivity index (χ1) is 13.2. The molecule has 2 fully saturated rings. The molecule has 3 atom stereocenters. The van der Waals surface area contributed by atoms with Crippen LogP contribution in [0.15, 0.2) is 59.7 Å². The van der Waals surface area contributed by atoms with E-state index in [-0.39, 0.29) is 17.2 Å². The molecule has 2 aliphatic carbocycles.